The molecule has 0 aromatic rings. The van der Waals surface area contributed by atoms with Crippen molar-refractivity contribution in [1.29, 1.82) is 5.41 Å². The predicted molar refractivity (Wildman–Crippen MR) is 56.1 cm³/mol. The first kappa shape index (κ1) is 11.2. The fraction of sp³-hybridized carbons (Fsp3) is 0.500. The maximum atomic E-state index is 11.3. The number of hydrogen-bond acceptors (Lipinski definition) is 4. The number of ether oxygens (including phenoxy) is 1. The van der Waals surface area contributed by atoms with Crippen molar-refractivity contribution in [2.45, 2.75) is 11.8 Å². The highest BCUT2D eigenvalue weighted by Crippen LogP contribution is 2.16. The summed E-state index contributed by atoms with van der Waals surface area (Å²) in [6, 6.07) is 0. The number of nitrogens with zero attached hydrogens (tertiary/aromatic N) is 1. The number of halogens is 1. The third kappa shape index (κ3) is 2.33. The minimum Gasteiger partial charge on any atom is -0.463 e. The third-order valence-electron chi connectivity index (χ3n) is 1.80. The molecule has 0 aromatic heterocycles. The van der Waals surface area contributed by atoms with Gasteiger partial charge >= 0.3 is 5.97 Å². The lowest BCUT2D eigenvalue weighted by Gasteiger charge is -2.27. The van der Waals surface area contributed by atoms with Gasteiger partial charge in [0, 0.05) is 0 Å². The zero-order valence-electron chi connectivity index (χ0n) is 7.79. The highest BCUT2D eigenvalue weighted by atomic mass is 79.9. The van der Waals surface area contributed by atoms with Crippen LogP contribution >= 0.6 is 15.9 Å². The fourth-order valence-corrected chi connectivity index (χ4v) is 1.67. The zero-order valence-corrected chi connectivity index (χ0v) is 9.37. The summed E-state index contributed by atoms with van der Waals surface area (Å²) in [5.74, 6) is 5.38. The summed E-state index contributed by atoms with van der Waals surface area (Å²) in [6.07, 6.45) is 1.64. The lowest BCUT2D eigenvalue weighted by Crippen LogP contribution is -2.46. The first-order chi connectivity index (χ1) is 6.56. The van der Waals surface area contributed by atoms with Gasteiger partial charge in [-0.25, -0.2) is 10.6 Å². The van der Waals surface area contributed by atoms with Crippen molar-refractivity contribution in [3.63, 3.8) is 0 Å². The lowest BCUT2D eigenvalue weighted by molar-refractivity contribution is -0.138. The fourth-order valence-electron chi connectivity index (χ4n) is 1.09. The molecule has 0 aromatic carbocycles. The van der Waals surface area contributed by atoms with E-state index >= 15 is 0 Å². The minimum absolute atomic E-state index is 0.222. The summed E-state index contributed by atoms with van der Waals surface area (Å²) in [4.78, 5) is 11.0. The molecule has 14 heavy (non-hydrogen) atoms. The summed E-state index contributed by atoms with van der Waals surface area (Å²) in [7, 11) is 0. The number of carbonyl (C=O) groups excluding carboxylic acids is 1. The van der Waals surface area contributed by atoms with Crippen LogP contribution in [0.15, 0.2) is 11.6 Å². The minimum atomic E-state index is -0.375. The van der Waals surface area contributed by atoms with Crippen LogP contribution in [0.4, 0.5) is 0 Å². The van der Waals surface area contributed by atoms with Crippen molar-refractivity contribution in [2.75, 3.05) is 13.2 Å². The van der Waals surface area contributed by atoms with Gasteiger partial charge in [0.25, 0.3) is 0 Å². The van der Waals surface area contributed by atoms with Crippen LogP contribution in [0.2, 0.25) is 0 Å². The second-order valence-electron chi connectivity index (χ2n) is 2.83. The Labute approximate surface area is 90.5 Å². The number of nitrogens with two attached hydrogens (primary N) is 1. The highest BCUT2D eigenvalue weighted by molar-refractivity contribution is 9.10. The molecule has 1 unspecified atom stereocenters. The molecule has 0 spiro atoms. The molecule has 0 radical (unpaired) electrons. The van der Waals surface area contributed by atoms with Crippen LogP contribution < -0.4 is 5.84 Å². The predicted octanol–water partition coefficient (Wildman–Crippen LogP) is 0.406. The average molecular weight is 262 g/mol. The van der Waals surface area contributed by atoms with E-state index in [0.29, 0.717) is 12.2 Å². The van der Waals surface area contributed by atoms with Gasteiger partial charge in [-0.1, -0.05) is 22.0 Å². The van der Waals surface area contributed by atoms with E-state index in [2.05, 4.69) is 15.9 Å². The van der Waals surface area contributed by atoms with Crippen LogP contribution in [0, 0.1) is 5.41 Å². The molecule has 1 aliphatic heterocycles. The lowest BCUT2D eigenvalue weighted by atomic mass is 10.1. The molecule has 0 fully saturated rings. The van der Waals surface area contributed by atoms with Crippen molar-refractivity contribution in [3.05, 3.63) is 11.6 Å². The summed E-state index contributed by atoms with van der Waals surface area (Å²) in [5, 5.41) is 8.70. The number of esters is 1. The van der Waals surface area contributed by atoms with Gasteiger partial charge in [0.15, 0.2) is 0 Å². The molecule has 78 valence electrons. The molecule has 0 bridgehead atoms. The van der Waals surface area contributed by atoms with E-state index in [1.54, 1.807) is 13.0 Å². The van der Waals surface area contributed by atoms with Crippen LogP contribution in [-0.4, -0.2) is 34.8 Å². The van der Waals surface area contributed by atoms with Crippen molar-refractivity contribution >= 4 is 27.7 Å². The normalized spacial score (nSPS) is 21.9. The largest absolute Gasteiger partial charge is 0.463 e. The van der Waals surface area contributed by atoms with Crippen LogP contribution in [0.3, 0.4) is 0 Å². The van der Waals surface area contributed by atoms with Gasteiger partial charge < -0.3 is 4.74 Å². The summed E-state index contributed by atoms with van der Waals surface area (Å²) in [6.45, 7) is 2.31. The average Bonchev–Trinajstić information content (AvgIpc) is 2.13. The molecule has 1 rings (SSSR count). The first-order valence-corrected chi connectivity index (χ1v) is 5.10. The molecular weight excluding hydrogens is 250 g/mol. The van der Waals surface area contributed by atoms with Crippen molar-refractivity contribution in [1.82, 2.24) is 5.01 Å². The molecule has 1 atom stereocenters. The molecule has 3 N–H and O–H groups in total. The highest BCUT2D eigenvalue weighted by Gasteiger charge is 2.25. The summed E-state index contributed by atoms with van der Waals surface area (Å²) >= 11 is 3.22. The van der Waals surface area contributed by atoms with Crippen LogP contribution in [0.25, 0.3) is 0 Å². The van der Waals surface area contributed by atoms with Gasteiger partial charge in [-0.05, 0) is 6.92 Å². The van der Waals surface area contributed by atoms with Crippen LogP contribution in [0.1, 0.15) is 6.92 Å². The number of amidine groups is 1. The van der Waals surface area contributed by atoms with E-state index in [-0.39, 0.29) is 23.2 Å². The number of hydrogen-bond donors (Lipinski definition) is 2. The third-order valence-corrected chi connectivity index (χ3v) is 2.49. The number of hydrazine groups is 1. The summed E-state index contributed by atoms with van der Waals surface area (Å²) < 4.78 is 4.83. The van der Waals surface area contributed by atoms with Gasteiger partial charge in [0.05, 0.1) is 23.6 Å². The van der Waals surface area contributed by atoms with E-state index in [4.69, 9.17) is 16.0 Å². The Morgan fingerprint density at radius 2 is 2.57 bits per heavy atom. The van der Waals surface area contributed by atoms with Gasteiger partial charge in [0.1, 0.15) is 5.84 Å². The smallest absolute Gasteiger partial charge is 0.335 e. The Morgan fingerprint density at radius 3 is 3.07 bits per heavy atom. The Hall–Kier alpha value is -0.880. The molecular formula is C8H12BrN3O2. The number of alkyl halides is 1. The first-order valence-electron chi connectivity index (χ1n) is 4.18. The molecule has 1 heterocycles. The Balaban J connectivity index is 2.76. The van der Waals surface area contributed by atoms with E-state index in [1.807, 2.05) is 0 Å². The Kier molecular flexibility index (Phi) is 3.65. The number of carbonyl (C=O) groups is 1. The number of nitrogens with one attached hydrogen (secondary N) is 1. The molecule has 0 amide bonds. The maximum Gasteiger partial charge on any atom is 0.335 e. The van der Waals surface area contributed by atoms with Crippen molar-refractivity contribution in [3.8, 4) is 0 Å². The summed E-state index contributed by atoms with van der Waals surface area (Å²) in [5.41, 5.74) is 0.479. The van der Waals surface area contributed by atoms with Crippen LogP contribution in [-0.2, 0) is 9.53 Å². The maximum absolute atomic E-state index is 11.3. The monoisotopic (exact) mass is 261 g/mol. The topological polar surface area (TPSA) is 79.4 Å². The second kappa shape index (κ2) is 4.56. The molecule has 1 aliphatic rings. The SMILES string of the molecule is CCOC(=O)C1=CC(Br)C(=N)N(N)C1. The van der Waals surface area contributed by atoms with E-state index < -0.39 is 0 Å². The van der Waals surface area contributed by atoms with Gasteiger partial charge in [0.2, 0.25) is 0 Å². The second-order valence-corrected chi connectivity index (χ2v) is 3.81. The quantitative estimate of drug-likeness (QED) is 0.429. The van der Waals surface area contributed by atoms with E-state index in [0.717, 1.165) is 0 Å². The Bertz CT molecular complexity index is 290. The van der Waals surface area contributed by atoms with Gasteiger partial charge in [-0.3, -0.25) is 10.4 Å². The van der Waals surface area contributed by atoms with E-state index in [9.17, 15) is 4.79 Å². The van der Waals surface area contributed by atoms with E-state index in [1.165, 1.54) is 5.01 Å². The van der Waals surface area contributed by atoms with Crippen LogP contribution in [0.5, 0.6) is 0 Å². The molecule has 0 aliphatic carbocycles. The Morgan fingerprint density at radius 1 is 1.93 bits per heavy atom. The van der Waals surface area contributed by atoms with Gasteiger partial charge in [-0.15, -0.1) is 0 Å². The molecule has 0 saturated heterocycles. The van der Waals surface area contributed by atoms with Gasteiger partial charge in [-0.2, -0.15) is 0 Å². The zero-order chi connectivity index (χ0) is 10.7. The molecule has 5 nitrogen and oxygen atoms in total. The standard InChI is InChI=1S/C8H12BrN3O2/c1-2-14-8(13)5-3-6(9)7(10)12(11)4-5/h3,6,10H,2,4,11H2,1H3. The number of rotatable bonds is 2. The molecule has 0 saturated carbocycles. The van der Waals surface area contributed by atoms with Crippen molar-refractivity contribution < 1.29 is 9.53 Å². The van der Waals surface area contributed by atoms with Crippen molar-refractivity contribution in [2.24, 2.45) is 5.84 Å². The molecule has 6 heteroatoms.